The largest absolute Gasteiger partial charge is 0.446 e. The summed E-state index contributed by atoms with van der Waals surface area (Å²) in [6.45, 7) is 3.98. The molecule has 0 bridgehead atoms. The lowest BCUT2D eigenvalue weighted by molar-refractivity contribution is -0.137. The van der Waals surface area contributed by atoms with Crippen LogP contribution in [0.15, 0.2) is 24.3 Å². The third-order valence-corrected chi connectivity index (χ3v) is 5.66. The summed E-state index contributed by atoms with van der Waals surface area (Å²) < 4.78 is 27.1. The lowest BCUT2D eigenvalue weighted by atomic mass is 10.0. The van der Waals surface area contributed by atoms with Crippen molar-refractivity contribution >= 4 is 23.8 Å². The number of rotatable bonds is 19. The number of nitrogens with one attached hydrogen (secondary N) is 2. The van der Waals surface area contributed by atoms with E-state index in [-0.39, 0.29) is 25.0 Å². The zero-order valence-corrected chi connectivity index (χ0v) is 22.0. The minimum Gasteiger partial charge on any atom is -0.446 e. The van der Waals surface area contributed by atoms with Crippen LogP contribution in [0.5, 0.6) is 0 Å². The molecule has 0 saturated heterocycles. The molecule has 1 atom stereocenters. The fraction of sp³-hybridized carbons (Fsp3) is 0.692. The van der Waals surface area contributed by atoms with E-state index in [9.17, 15) is 19.2 Å². The number of hydrogen-bond acceptors (Lipinski definition) is 9. The van der Waals surface area contributed by atoms with Gasteiger partial charge in [-0.05, 0) is 32.1 Å². The summed E-state index contributed by atoms with van der Waals surface area (Å²) in [7, 11) is 0. The van der Waals surface area contributed by atoms with E-state index in [1.807, 2.05) is 0 Å². The van der Waals surface area contributed by atoms with E-state index in [2.05, 4.69) is 22.8 Å². The van der Waals surface area contributed by atoms with Crippen LogP contribution in [0.1, 0.15) is 38.5 Å². The van der Waals surface area contributed by atoms with Crippen LogP contribution in [0.3, 0.4) is 0 Å². The molecular formula is C26H41N3O9. The summed E-state index contributed by atoms with van der Waals surface area (Å²) in [5, 5.41) is 5.38. The number of hydrogen-bond donors (Lipinski definition) is 2. The van der Waals surface area contributed by atoms with Crippen molar-refractivity contribution in [3.05, 3.63) is 24.3 Å². The van der Waals surface area contributed by atoms with Gasteiger partial charge in [0.05, 0.1) is 52.9 Å². The summed E-state index contributed by atoms with van der Waals surface area (Å²) >= 11 is 0. The molecule has 0 saturated carbocycles. The maximum atomic E-state index is 11.9. The molecule has 1 unspecified atom stereocenters. The zero-order valence-electron chi connectivity index (χ0n) is 22.0. The summed E-state index contributed by atoms with van der Waals surface area (Å²) in [6, 6.07) is 0. The van der Waals surface area contributed by atoms with Crippen molar-refractivity contribution in [1.82, 2.24) is 15.5 Å². The van der Waals surface area contributed by atoms with Crippen molar-refractivity contribution in [1.29, 1.82) is 0 Å². The van der Waals surface area contributed by atoms with E-state index in [1.54, 1.807) is 0 Å². The molecule has 2 rings (SSSR count). The molecule has 38 heavy (non-hydrogen) atoms. The molecule has 12 heteroatoms. The molecule has 2 N–H and O–H groups in total. The summed E-state index contributed by atoms with van der Waals surface area (Å²) in [5.41, 5.74) is 0. The van der Waals surface area contributed by atoms with Gasteiger partial charge in [-0.3, -0.25) is 19.3 Å². The van der Waals surface area contributed by atoms with Gasteiger partial charge in [-0.15, -0.1) is 0 Å². The van der Waals surface area contributed by atoms with Gasteiger partial charge in [0, 0.05) is 38.2 Å². The predicted octanol–water partition coefficient (Wildman–Crippen LogP) is 1.10. The normalized spacial score (nSPS) is 18.2. The van der Waals surface area contributed by atoms with Crippen LogP contribution >= 0.6 is 0 Å². The van der Waals surface area contributed by atoms with Gasteiger partial charge in [0.2, 0.25) is 5.91 Å². The van der Waals surface area contributed by atoms with Crippen LogP contribution in [0.25, 0.3) is 0 Å². The van der Waals surface area contributed by atoms with Gasteiger partial charge in [0.1, 0.15) is 6.10 Å². The maximum Gasteiger partial charge on any atom is 0.407 e. The molecular weight excluding hydrogens is 498 g/mol. The molecule has 2 aliphatic rings. The molecule has 0 radical (unpaired) electrons. The molecule has 0 spiro atoms. The van der Waals surface area contributed by atoms with Gasteiger partial charge in [-0.25, -0.2) is 4.79 Å². The average molecular weight is 540 g/mol. The molecule has 0 aromatic rings. The zero-order chi connectivity index (χ0) is 27.3. The number of carbonyl (C=O) groups is 4. The van der Waals surface area contributed by atoms with Gasteiger partial charge in [0.25, 0.3) is 11.8 Å². The van der Waals surface area contributed by atoms with Gasteiger partial charge < -0.3 is 34.3 Å². The van der Waals surface area contributed by atoms with Crippen molar-refractivity contribution in [2.45, 2.75) is 44.6 Å². The second-order valence-electron chi connectivity index (χ2n) is 8.64. The van der Waals surface area contributed by atoms with E-state index in [1.165, 1.54) is 12.2 Å². The second kappa shape index (κ2) is 20.2. The Hall–Kier alpha value is -2.80. The minimum absolute atomic E-state index is 0.0202. The van der Waals surface area contributed by atoms with Crippen molar-refractivity contribution in [2.75, 3.05) is 72.5 Å². The molecule has 1 aliphatic heterocycles. The first kappa shape index (κ1) is 31.4. The van der Waals surface area contributed by atoms with Gasteiger partial charge in [-0.1, -0.05) is 12.2 Å². The lowest BCUT2D eigenvalue weighted by Gasteiger charge is -2.18. The Labute approximate surface area is 224 Å². The van der Waals surface area contributed by atoms with Gasteiger partial charge in [0.15, 0.2) is 0 Å². The third kappa shape index (κ3) is 14.8. The van der Waals surface area contributed by atoms with Crippen LogP contribution in [-0.2, 0) is 38.1 Å². The Morgan fingerprint density at radius 1 is 0.763 bits per heavy atom. The molecule has 1 aliphatic carbocycles. The summed E-state index contributed by atoms with van der Waals surface area (Å²) in [4.78, 5) is 47.5. The molecule has 12 nitrogen and oxygen atoms in total. The lowest BCUT2D eigenvalue weighted by Crippen LogP contribution is -2.35. The Morgan fingerprint density at radius 3 is 1.95 bits per heavy atom. The van der Waals surface area contributed by atoms with Crippen molar-refractivity contribution in [2.24, 2.45) is 0 Å². The molecule has 0 aromatic carbocycles. The topological polar surface area (TPSA) is 142 Å². The maximum absolute atomic E-state index is 11.9. The second-order valence-corrected chi connectivity index (χ2v) is 8.64. The van der Waals surface area contributed by atoms with E-state index in [0.717, 1.165) is 37.0 Å². The highest BCUT2D eigenvalue weighted by molar-refractivity contribution is 6.13. The molecule has 4 amide bonds. The van der Waals surface area contributed by atoms with E-state index < -0.39 is 17.9 Å². The van der Waals surface area contributed by atoms with Crippen LogP contribution < -0.4 is 10.6 Å². The summed E-state index contributed by atoms with van der Waals surface area (Å²) in [5.74, 6) is -1.05. The van der Waals surface area contributed by atoms with Crippen molar-refractivity contribution < 1.29 is 42.9 Å². The van der Waals surface area contributed by atoms with E-state index >= 15 is 0 Å². The van der Waals surface area contributed by atoms with Crippen LogP contribution in [0.2, 0.25) is 0 Å². The number of nitrogens with zero attached hydrogens (tertiary/aromatic N) is 1. The average Bonchev–Trinajstić information content (AvgIpc) is 3.20. The van der Waals surface area contributed by atoms with Crippen LogP contribution in [0, 0.1) is 0 Å². The highest BCUT2D eigenvalue weighted by Crippen LogP contribution is 2.15. The monoisotopic (exact) mass is 539 g/mol. The Balaban J connectivity index is 1.27. The highest BCUT2D eigenvalue weighted by atomic mass is 16.6. The van der Waals surface area contributed by atoms with E-state index in [4.69, 9.17) is 23.7 Å². The Morgan fingerprint density at radius 2 is 1.32 bits per heavy atom. The van der Waals surface area contributed by atoms with Crippen LogP contribution in [-0.4, -0.2) is 107 Å². The molecule has 214 valence electrons. The highest BCUT2D eigenvalue weighted by Gasteiger charge is 2.23. The molecule has 1 heterocycles. The summed E-state index contributed by atoms with van der Waals surface area (Å²) in [6.07, 6.45) is 11.1. The first-order valence-electron chi connectivity index (χ1n) is 13.3. The SMILES string of the molecule is O=C(CCN1C(=O)C=CC1=O)NCCOCCOCCOCCOCCNC(=O)OC1CC/C=C\CCC1. The Bertz CT molecular complexity index is 770. The number of alkyl carbamates (subject to hydrolysis) is 1. The fourth-order valence-electron chi connectivity index (χ4n) is 3.64. The van der Waals surface area contributed by atoms with Crippen molar-refractivity contribution in [3.8, 4) is 0 Å². The number of amides is 4. The predicted molar refractivity (Wildman–Crippen MR) is 137 cm³/mol. The molecule has 0 aromatic heterocycles. The fourth-order valence-corrected chi connectivity index (χ4v) is 3.64. The number of carbonyl (C=O) groups excluding carboxylic acids is 4. The van der Waals surface area contributed by atoms with Gasteiger partial charge >= 0.3 is 6.09 Å². The number of imide groups is 1. The van der Waals surface area contributed by atoms with Crippen LogP contribution in [0.4, 0.5) is 4.79 Å². The smallest absolute Gasteiger partial charge is 0.407 e. The third-order valence-electron chi connectivity index (χ3n) is 5.66. The number of ether oxygens (including phenoxy) is 5. The Kier molecular flexibility index (Phi) is 16.7. The molecule has 0 fully saturated rings. The standard InChI is InChI=1S/C26H41N3O9/c30-23(10-13-29-24(31)8-9-25(29)32)27-11-14-34-16-18-36-20-21-37-19-17-35-15-12-28-26(33)38-22-6-4-2-1-3-5-7-22/h1-2,8-9,22H,3-7,10-21H2,(H,27,30)(H,28,33)/b2-1-. The first-order valence-corrected chi connectivity index (χ1v) is 13.3. The van der Waals surface area contributed by atoms with Crippen molar-refractivity contribution in [3.63, 3.8) is 0 Å². The number of allylic oxidation sites excluding steroid dienone is 2. The van der Waals surface area contributed by atoms with Gasteiger partial charge in [-0.2, -0.15) is 0 Å². The quantitative estimate of drug-likeness (QED) is 0.140. The van der Waals surface area contributed by atoms with E-state index in [0.29, 0.717) is 65.9 Å². The first-order chi connectivity index (χ1) is 18.6. The minimum atomic E-state index is -0.397.